The number of allylic oxidation sites excluding steroid dienone is 1. The highest BCUT2D eigenvalue weighted by Crippen LogP contribution is 2.67. The predicted molar refractivity (Wildman–Crippen MR) is 283 cm³/mol. The lowest BCUT2D eigenvalue weighted by Crippen LogP contribution is -2.53. The van der Waals surface area contributed by atoms with Crippen molar-refractivity contribution in [3.05, 3.63) is 99.9 Å². The molecule has 398 valence electrons. The van der Waals surface area contributed by atoms with E-state index in [1.165, 1.54) is 43.0 Å². The number of nitrogens with zero attached hydrogens (tertiary/aromatic N) is 4. The number of benzene rings is 2. The normalized spacial score (nSPS) is 25.6. The summed E-state index contributed by atoms with van der Waals surface area (Å²) in [4.78, 5) is 17.4. The van der Waals surface area contributed by atoms with E-state index in [0.717, 1.165) is 70.1 Å². The summed E-state index contributed by atoms with van der Waals surface area (Å²) in [6.45, 7) is 10.4. The Kier molecular flexibility index (Phi) is 18.9. The number of hydrogen-bond donors (Lipinski definition) is 3. The number of sulfone groups is 1. The number of halogens is 2. The average molecular weight is 1070 g/mol. The van der Waals surface area contributed by atoms with Crippen molar-refractivity contribution in [3.8, 4) is 11.3 Å². The summed E-state index contributed by atoms with van der Waals surface area (Å²) in [5, 5.41) is 33.9. The predicted octanol–water partition coefficient (Wildman–Crippen LogP) is 10.6. The number of amides is 1. The van der Waals surface area contributed by atoms with Crippen LogP contribution in [0.3, 0.4) is 0 Å². The van der Waals surface area contributed by atoms with E-state index in [1.54, 1.807) is 35.1 Å². The third-order valence-electron chi connectivity index (χ3n) is 16.8. The molecule has 14 nitrogen and oxygen atoms in total. The Morgan fingerprint density at radius 2 is 1.64 bits per heavy atom. The van der Waals surface area contributed by atoms with Gasteiger partial charge in [-0.3, -0.25) is 9.78 Å². The Morgan fingerprint density at radius 1 is 0.863 bits per heavy atom. The summed E-state index contributed by atoms with van der Waals surface area (Å²) < 4.78 is 50.5. The van der Waals surface area contributed by atoms with Gasteiger partial charge in [0.2, 0.25) is 0 Å². The van der Waals surface area contributed by atoms with Crippen LogP contribution in [0, 0.1) is 34.5 Å². The lowest BCUT2D eigenvalue weighted by atomic mass is 9.46. The smallest absolute Gasteiger partial charge is 0.257 e. The third-order valence-corrected chi connectivity index (χ3v) is 19.1. The third kappa shape index (κ3) is 13.6. The van der Waals surface area contributed by atoms with Crippen molar-refractivity contribution >= 4 is 44.6 Å². The van der Waals surface area contributed by atoms with E-state index in [2.05, 4.69) is 47.5 Å². The van der Waals surface area contributed by atoms with Crippen LogP contribution in [-0.4, -0.2) is 108 Å². The fraction of sp³-hybridized carbons (Fsp3) is 0.607. The van der Waals surface area contributed by atoms with Crippen molar-refractivity contribution in [3.63, 3.8) is 0 Å². The number of unbranched alkanes of at least 4 members (excludes halogenated alkanes) is 3. The minimum atomic E-state index is -3.74. The highest BCUT2D eigenvalue weighted by molar-refractivity contribution is 7.91. The van der Waals surface area contributed by atoms with Gasteiger partial charge in [-0.05, 0) is 154 Å². The lowest BCUT2D eigenvalue weighted by Gasteiger charge is -2.59. The fourth-order valence-corrected chi connectivity index (χ4v) is 14.6. The van der Waals surface area contributed by atoms with Gasteiger partial charge in [0.25, 0.3) is 5.91 Å². The number of pyridine rings is 1. The van der Waals surface area contributed by atoms with Crippen LogP contribution in [0.5, 0.6) is 0 Å². The molecule has 17 heteroatoms. The van der Waals surface area contributed by atoms with Gasteiger partial charge in [-0.2, -0.15) is 0 Å². The molecule has 4 aliphatic carbocycles. The van der Waals surface area contributed by atoms with E-state index in [0.29, 0.717) is 85.0 Å². The molecule has 3 N–H and O–H groups in total. The molecule has 73 heavy (non-hydrogen) atoms. The van der Waals surface area contributed by atoms with E-state index in [9.17, 15) is 23.4 Å². The number of carbonyl (C=O) groups excluding carboxylic acids is 1. The van der Waals surface area contributed by atoms with Gasteiger partial charge in [0.15, 0.2) is 9.84 Å². The molecule has 3 fully saturated rings. The van der Waals surface area contributed by atoms with Crippen molar-refractivity contribution in [1.82, 2.24) is 20.0 Å². The summed E-state index contributed by atoms with van der Waals surface area (Å²) in [6, 6.07) is 14.5. The highest BCUT2D eigenvalue weighted by atomic mass is 35.5. The van der Waals surface area contributed by atoms with Crippen molar-refractivity contribution in [2.24, 2.45) is 34.5 Å². The van der Waals surface area contributed by atoms with Crippen LogP contribution in [0.4, 0.5) is 5.69 Å². The number of aliphatic hydroxyl groups excluding tert-OH is 1. The topological polar surface area (TPSA) is 184 Å². The van der Waals surface area contributed by atoms with Crippen LogP contribution in [0.15, 0.2) is 83.5 Å². The first kappa shape index (κ1) is 55.5. The van der Waals surface area contributed by atoms with Gasteiger partial charge in [-0.1, -0.05) is 79.2 Å². The van der Waals surface area contributed by atoms with Gasteiger partial charge in [0.05, 0.1) is 103 Å². The van der Waals surface area contributed by atoms with E-state index in [-0.39, 0.29) is 58.0 Å². The standard InChI is InChI=1S/C56H75Cl2N5O9S/c1-54-22-19-42(64)34-39(54)11-14-44-47-16-18-52(55(47,2)23-20-48(44)54)56(3,66)21-7-4-5-9-26-69-30-31-72-38-41-37-63(62-61-41)25-27-70-28-29-71-32-33-73(67,68)43-13-15-45(50(58)36-43)53(65)60-40-12-17-49(57)46(35-40)51-10-6-8-24-59-51/h6,8,10-13,15,17,24,35-37,42,44,47-48,52,64,66H,4-5,7,9,14,16,18-23,25-34,38H2,1-3H3,(H,60,65)/t42-,44-,47-,48-,52?,54-,55-,56?/m0/s1. The molecule has 0 aliphatic heterocycles. The molecule has 4 aliphatic rings. The summed E-state index contributed by atoms with van der Waals surface area (Å²) >= 11 is 12.8. The number of nitrogens with one attached hydrogen (secondary N) is 1. The van der Waals surface area contributed by atoms with E-state index < -0.39 is 21.3 Å². The summed E-state index contributed by atoms with van der Waals surface area (Å²) in [5.41, 5.74) is 3.95. The van der Waals surface area contributed by atoms with Crippen LogP contribution < -0.4 is 5.32 Å². The molecule has 2 aromatic heterocycles. The van der Waals surface area contributed by atoms with E-state index in [4.69, 9.17) is 42.1 Å². The SMILES string of the molecule is CC(O)(CCCCCCOCCOCc1cn(CCOCCOCCS(=O)(=O)c2ccc(C(=O)Nc3ccc(Cl)c(-c4ccccn4)c3)c(Cl)c2)nn1)C1CC[C@H]2[C@@H]3CC=C4C[C@@H](O)CC[C@]4(C)[C@H]3CC[C@]12C. The zero-order valence-corrected chi connectivity index (χ0v) is 45.1. The first-order chi connectivity index (χ1) is 35.1. The van der Waals surface area contributed by atoms with Crippen molar-refractivity contribution in [2.45, 2.75) is 134 Å². The summed E-state index contributed by atoms with van der Waals surface area (Å²) in [6.07, 6.45) is 19.8. The minimum Gasteiger partial charge on any atom is -0.393 e. The van der Waals surface area contributed by atoms with Gasteiger partial charge >= 0.3 is 0 Å². The number of carbonyl (C=O) groups is 1. The van der Waals surface area contributed by atoms with Gasteiger partial charge < -0.3 is 34.5 Å². The number of aliphatic hydroxyl groups is 2. The lowest BCUT2D eigenvalue weighted by molar-refractivity contribution is -0.105. The molecule has 8 atom stereocenters. The maximum atomic E-state index is 13.1. The first-order valence-electron chi connectivity index (χ1n) is 26.4. The van der Waals surface area contributed by atoms with E-state index >= 15 is 0 Å². The summed E-state index contributed by atoms with van der Waals surface area (Å²) in [7, 11) is -3.74. The molecule has 3 saturated carbocycles. The number of aromatic nitrogens is 4. The number of anilines is 1. The van der Waals surface area contributed by atoms with Gasteiger partial charge in [-0.15, -0.1) is 5.10 Å². The van der Waals surface area contributed by atoms with Gasteiger partial charge in [0, 0.05) is 24.1 Å². The zero-order chi connectivity index (χ0) is 51.6. The number of ether oxygens (including phenoxy) is 4. The maximum Gasteiger partial charge on any atom is 0.257 e. The molecule has 0 radical (unpaired) electrons. The molecular formula is C56H75Cl2N5O9S. The molecule has 0 spiro atoms. The summed E-state index contributed by atoms with van der Waals surface area (Å²) in [5.74, 6) is 1.70. The Bertz CT molecular complexity index is 2620. The molecule has 8 rings (SSSR count). The fourth-order valence-electron chi connectivity index (χ4n) is 12.9. The molecule has 0 bridgehead atoms. The van der Waals surface area contributed by atoms with Crippen molar-refractivity contribution < 1.29 is 42.4 Å². The second kappa shape index (κ2) is 24.9. The van der Waals surface area contributed by atoms with Crippen LogP contribution in [0.1, 0.15) is 120 Å². The van der Waals surface area contributed by atoms with Crippen molar-refractivity contribution in [2.75, 3.05) is 57.3 Å². The molecule has 2 aromatic carbocycles. The van der Waals surface area contributed by atoms with Gasteiger partial charge in [-0.25, -0.2) is 13.1 Å². The van der Waals surface area contributed by atoms with Crippen LogP contribution in [0.25, 0.3) is 11.3 Å². The Balaban J connectivity index is 0.628. The number of hydrogen-bond acceptors (Lipinski definition) is 12. The van der Waals surface area contributed by atoms with Crippen molar-refractivity contribution in [1.29, 1.82) is 0 Å². The monoisotopic (exact) mass is 1060 g/mol. The second-order valence-corrected chi connectivity index (χ2v) is 24.5. The molecule has 0 saturated heterocycles. The largest absolute Gasteiger partial charge is 0.393 e. The quantitative estimate of drug-likeness (QED) is 0.0400. The Hall–Kier alpha value is -3.77. The number of fused-ring (bicyclic) bond motifs is 5. The second-order valence-electron chi connectivity index (χ2n) is 21.5. The maximum absolute atomic E-state index is 13.1. The van der Waals surface area contributed by atoms with Gasteiger partial charge in [0.1, 0.15) is 5.69 Å². The molecule has 4 aromatic rings. The highest BCUT2D eigenvalue weighted by Gasteiger charge is 2.61. The average Bonchev–Trinajstić information content (AvgIpc) is 3.99. The number of rotatable bonds is 26. The Labute approximate surface area is 441 Å². The molecular weight excluding hydrogens is 990 g/mol. The molecule has 2 heterocycles. The van der Waals surface area contributed by atoms with Crippen LogP contribution in [-0.2, 0) is 41.9 Å². The van der Waals surface area contributed by atoms with E-state index in [1.807, 2.05) is 18.3 Å². The minimum absolute atomic E-state index is 0.00306. The van der Waals surface area contributed by atoms with Crippen LogP contribution in [0.2, 0.25) is 10.0 Å². The first-order valence-corrected chi connectivity index (χ1v) is 28.8. The molecule has 2 unspecified atom stereocenters. The zero-order valence-electron chi connectivity index (χ0n) is 42.8. The van der Waals surface area contributed by atoms with Crippen LogP contribution >= 0.6 is 23.2 Å². The Morgan fingerprint density at radius 3 is 2.44 bits per heavy atom. The molecule has 1 amide bonds.